The average Bonchev–Trinajstić information content (AvgIpc) is 3.89. The van der Waals surface area contributed by atoms with Gasteiger partial charge in [-0.2, -0.15) is 0 Å². The lowest BCUT2D eigenvalue weighted by Gasteiger charge is -2.19. The lowest BCUT2D eigenvalue weighted by atomic mass is 9.83. The van der Waals surface area contributed by atoms with E-state index in [4.69, 9.17) is 29.4 Å². The molecule has 0 aliphatic rings. The monoisotopic (exact) mass is 604 g/mol. The van der Waals surface area contributed by atoms with Crippen molar-refractivity contribution in [2.45, 2.75) is 0 Å². The molecule has 0 saturated heterocycles. The molecule has 2 aromatic heterocycles. The summed E-state index contributed by atoms with van der Waals surface area (Å²) < 4.78 is 171. The zero-order valence-corrected chi connectivity index (χ0v) is 23.4. The van der Waals surface area contributed by atoms with E-state index < -0.39 is 120 Å². The highest BCUT2D eigenvalue weighted by molar-refractivity contribution is 6.28. The predicted molar refractivity (Wildman–Crippen MR) is 192 cm³/mol. The van der Waals surface area contributed by atoms with Crippen LogP contribution in [0.15, 0.2) is 166 Å². The molecule has 10 rings (SSSR count). The van der Waals surface area contributed by atoms with Crippen LogP contribution in [-0.2, 0) is 0 Å². The van der Waals surface area contributed by atoms with Crippen molar-refractivity contribution in [2.24, 2.45) is 0 Å². The Bertz CT molecular complexity index is 3750. The van der Waals surface area contributed by atoms with Crippen molar-refractivity contribution in [3.63, 3.8) is 0 Å². The van der Waals surface area contributed by atoms with Crippen LogP contribution in [0.3, 0.4) is 0 Å². The number of hydrogen-bond acceptors (Lipinski definition) is 2. The van der Waals surface area contributed by atoms with Crippen molar-refractivity contribution in [3.8, 4) is 33.4 Å². The second kappa shape index (κ2) is 9.69. The second-order valence-electron chi connectivity index (χ2n) is 10.6. The molecule has 0 saturated carbocycles. The summed E-state index contributed by atoms with van der Waals surface area (Å²) >= 11 is 0. The number of para-hydroxylation sites is 2. The largest absolute Gasteiger partial charge is 0.456 e. The predicted octanol–water partition coefficient (Wildman–Crippen LogP) is 12.8. The first-order chi connectivity index (χ1) is 30.3. The van der Waals surface area contributed by atoms with Gasteiger partial charge in [-0.3, -0.25) is 0 Å². The third kappa shape index (κ3) is 3.59. The molecule has 0 amide bonds. The van der Waals surface area contributed by atoms with E-state index in [0.717, 1.165) is 0 Å². The summed E-state index contributed by atoms with van der Waals surface area (Å²) in [7, 11) is 0. The summed E-state index contributed by atoms with van der Waals surface area (Å²) in [5.74, 6) is 0. The lowest BCUT2D eigenvalue weighted by molar-refractivity contribution is 0.668. The van der Waals surface area contributed by atoms with Crippen molar-refractivity contribution in [1.82, 2.24) is 0 Å². The molecule has 0 N–H and O–H groups in total. The first-order valence-electron chi connectivity index (χ1n) is 23.2. The van der Waals surface area contributed by atoms with Crippen LogP contribution in [0.5, 0.6) is 0 Å². The van der Waals surface area contributed by atoms with Gasteiger partial charge in [-0.25, -0.2) is 0 Å². The van der Waals surface area contributed by atoms with E-state index in [1.54, 1.807) is 48.5 Å². The van der Waals surface area contributed by atoms with Gasteiger partial charge in [-0.15, -0.1) is 0 Å². The topological polar surface area (TPSA) is 26.3 Å². The van der Waals surface area contributed by atoms with Crippen LogP contribution in [0.25, 0.3) is 98.8 Å². The second-order valence-corrected chi connectivity index (χ2v) is 10.6. The molecule has 0 bridgehead atoms. The maximum atomic E-state index is 10.0. The van der Waals surface area contributed by atoms with E-state index in [1.807, 2.05) is 0 Å². The van der Waals surface area contributed by atoms with Crippen LogP contribution in [-0.4, -0.2) is 0 Å². The summed E-state index contributed by atoms with van der Waals surface area (Å²) in [4.78, 5) is 0. The summed E-state index contributed by atoms with van der Waals surface area (Å²) in [6.45, 7) is 0. The summed E-state index contributed by atoms with van der Waals surface area (Å²) in [5, 5.41) is 0.951. The fourth-order valence-corrected chi connectivity index (χ4v) is 6.38. The van der Waals surface area contributed by atoms with E-state index in [9.17, 15) is 4.11 Å². The third-order valence-corrected chi connectivity index (χ3v) is 8.20. The Kier molecular flexibility index (Phi) is 2.84. The van der Waals surface area contributed by atoms with Crippen LogP contribution >= 0.6 is 0 Å². The molecule has 8 aromatic carbocycles. The van der Waals surface area contributed by atoms with E-state index in [1.165, 1.54) is 0 Å². The number of rotatable bonds is 3. The van der Waals surface area contributed by atoms with Crippen molar-refractivity contribution in [2.75, 3.05) is 0 Å². The van der Waals surface area contributed by atoms with E-state index in [2.05, 4.69) is 0 Å². The van der Waals surface area contributed by atoms with E-state index >= 15 is 0 Å². The fraction of sp³-hybridized carbons (Fsp3) is 0. The molecular weight excluding hydrogens is 560 g/mol. The molecule has 2 heterocycles. The van der Waals surface area contributed by atoms with Gasteiger partial charge in [-0.1, -0.05) is 127 Å². The number of furan rings is 2. The van der Waals surface area contributed by atoms with Gasteiger partial charge in [0.25, 0.3) is 0 Å². The number of benzene rings is 8. The first-order valence-corrected chi connectivity index (χ1v) is 14.2. The van der Waals surface area contributed by atoms with Gasteiger partial charge in [0.05, 0.1) is 24.7 Å². The van der Waals surface area contributed by atoms with Gasteiger partial charge in [0.2, 0.25) is 0 Å². The maximum absolute atomic E-state index is 10.0. The minimum absolute atomic E-state index is 0.000763. The summed E-state index contributed by atoms with van der Waals surface area (Å²) in [5.41, 5.74) is -1.76. The number of hydrogen-bond donors (Lipinski definition) is 0. The molecule has 0 aliphatic carbocycles. The van der Waals surface area contributed by atoms with E-state index in [0.29, 0.717) is 21.5 Å². The summed E-state index contributed by atoms with van der Waals surface area (Å²) in [6.07, 6.45) is 0. The molecule has 0 fully saturated rings. The quantitative estimate of drug-likeness (QED) is 0.188. The van der Waals surface area contributed by atoms with Gasteiger partial charge in [-0.05, 0) is 85.1 Å². The van der Waals surface area contributed by atoms with Gasteiger partial charge >= 0.3 is 0 Å². The molecule has 46 heavy (non-hydrogen) atoms. The molecule has 2 nitrogen and oxygen atoms in total. The molecule has 0 atom stereocenters. The van der Waals surface area contributed by atoms with Crippen LogP contribution in [0.1, 0.15) is 24.7 Å². The molecule has 0 spiro atoms. The van der Waals surface area contributed by atoms with Crippen molar-refractivity contribution >= 4 is 65.4 Å². The molecule has 0 aliphatic heterocycles. The molecule has 0 radical (unpaired) electrons. The first kappa shape index (κ1) is 13.5. The zero-order valence-electron chi connectivity index (χ0n) is 41.4. The highest BCUT2D eigenvalue weighted by atomic mass is 16.3. The molecular formula is C44H26O2. The normalized spacial score (nSPS) is 17.4. The SMILES string of the molecule is [2H]c1c([2H])c([2H])c(-c2c([2H])c(-c3c4ccccc4c(-c4c([2H])c([2H])c([2H])c5oc6c([2H])c([2H])c([2H])c([2H])c6c45)c4ccccc34)c3c(oc4c([2H])c([2H])c([2H])c([2H])c43)c2[2H])c([2H])c1[2H]. The molecule has 214 valence electrons. The van der Waals surface area contributed by atoms with Gasteiger partial charge in [0.1, 0.15) is 22.3 Å². The fourth-order valence-electron chi connectivity index (χ4n) is 6.38. The molecule has 10 aromatic rings. The van der Waals surface area contributed by atoms with Crippen LogP contribution in [0.2, 0.25) is 0 Å². The Morgan fingerprint density at radius 3 is 1.50 bits per heavy atom. The number of fused-ring (bicyclic) bond motifs is 8. The Balaban J connectivity index is 1.48. The van der Waals surface area contributed by atoms with Crippen LogP contribution < -0.4 is 0 Å². The zero-order chi connectivity index (χ0) is 45.9. The van der Waals surface area contributed by atoms with Gasteiger partial charge in [0.15, 0.2) is 0 Å². The highest BCUT2D eigenvalue weighted by Gasteiger charge is 2.23. The van der Waals surface area contributed by atoms with Gasteiger partial charge < -0.3 is 8.83 Å². The Labute approximate surface area is 290 Å². The minimum Gasteiger partial charge on any atom is -0.456 e. The lowest BCUT2D eigenvalue weighted by Crippen LogP contribution is -1.92. The highest BCUT2D eigenvalue weighted by Crippen LogP contribution is 2.49. The minimum atomic E-state index is -0.734. The Morgan fingerprint density at radius 2 is 0.870 bits per heavy atom. The van der Waals surface area contributed by atoms with Crippen LogP contribution in [0.4, 0.5) is 0 Å². The standard InChI is InChI=1S/C44H26O2/c1-2-13-27(14-3-1)28-25-36(44-34-20-9-11-23-38(34)46-40(44)26-28)42-31-17-6-4-15-29(31)41(30-16-5-7-18-32(30)42)35-21-12-24-39-43(35)33-19-8-10-22-37(33)45-39/h1-26H/i1D,2D,3D,8D,9D,10D,11D,12D,13D,14D,19D,20D,21D,22D,23D,24D,25D,26D. The van der Waals surface area contributed by atoms with Crippen molar-refractivity contribution in [3.05, 3.63) is 157 Å². The Hall–Kier alpha value is -6.12. The smallest absolute Gasteiger partial charge is 0.136 e. The van der Waals surface area contributed by atoms with E-state index in [-0.39, 0.29) is 66.1 Å². The molecule has 0 unspecified atom stereocenters. The third-order valence-electron chi connectivity index (χ3n) is 8.20. The van der Waals surface area contributed by atoms with Crippen molar-refractivity contribution in [1.29, 1.82) is 0 Å². The summed E-state index contributed by atoms with van der Waals surface area (Å²) in [6, 6.07) is 2.49. The molecule has 2 heteroatoms. The van der Waals surface area contributed by atoms with Crippen molar-refractivity contribution < 1.29 is 33.5 Å². The average molecular weight is 605 g/mol. The van der Waals surface area contributed by atoms with Gasteiger partial charge in [0, 0.05) is 21.5 Å². The maximum Gasteiger partial charge on any atom is 0.136 e. The Morgan fingerprint density at radius 1 is 0.370 bits per heavy atom. The van der Waals surface area contributed by atoms with Crippen LogP contribution in [0, 0.1) is 0 Å².